The van der Waals surface area contributed by atoms with Gasteiger partial charge in [0.05, 0.1) is 7.11 Å². The quantitative estimate of drug-likeness (QED) is 0.875. The number of hydrogen-bond donors (Lipinski definition) is 1. The first-order chi connectivity index (χ1) is 7.51. The first kappa shape index (κ1) is 12.7. The van der Waals surface area contributed by atoms with Crippen molar-refractivity contribution in [3.63, 3.8) is 0 Å². The predicted molar refractivity (Wildman–Crippen MR) is 68.1 cm³/mol. The second kappa shape index (κ2) is 5.08. The summed E-state index contributed by atoms with van der Waals surface area (Å²) >= 11 is 1.38. The number of nitrogens with two attached hydrogens (primary N) is 1. The van der Waals surface area contributed by atoms with Crippen LogP contribution in [0.15, 0.2) is 0 Å². The number of nitrogens with zero attached hydrogens (tertiary/aromatic N) is 2. The molecule has 1 aromatic heterocycles. The van der Waals surface area contributed by atoms with Crippen LogP contribution in [0.4, 0.5) is 10.7 Å². The lowest BCUT2D eigenvalue weighted by atomic mass is 10.2. The number of rotatable bonds is 4. The minimum Gasteiger partial charge on any atom is -0.492 e. The highest BCUT2D eigenvalue weighted by Crippen LogP contribution is 2.43. The summed E-state index contributed by atoms with van der Waals surface area (Å²) < 4.78 is 5.25. The lowest BCUT2D eigenvalue weighted by Crippen LogP contribution is -2.21. The van der Waals surface area contributed by atoms with Gasteiger partial charge in [-0.1, -0.05) is 13.8 Å². The first-order valence-electron chi connectivity index (χ1n) is 5.08. The highest BCUT2D eigenvalue weighted by molar-refractivity contribution is 7.17. The van der Waals surface area contributed by atoms with Gasteiger partial charge in [0.2, 0.25) is 0 Å². The molecule has 1 aromatic rings. The Morgan fingerprint density at radius 3 is 2.62 bits per heavy atom. The Morgan fingerprint density at radius 1 is 1.56 bits per heavy atom. The Hall–Kier alpha value is -1.41. The summed E-state index contributed by atoms with van der Waals surface area (Å²) in [7, 11) is 3.56. The molecule has 0 saturated carbocycles. The van der Waals surface area contributed by atoms with E-state index in [0.29, 0.717) is 22.2 Å². The second-order valence-corrected chi connectivity index (χ2v) is 5.07. The molecule has 1 heterocycles. The van der Waals surface area contributed by atoms with E-state index in [4.69, 9.17) is 15.7 Å². The fourth-order valence-corrected chi connectivity index (χ4v) is 2.54. The number of methoxy groups -OCH3 is 1. The average Bonchev–Trinajstić information content (AvgIpc) is 2.53. The number of anilines is 2. The van der Waals surface area contributed by atoms with E-state index in [0.717, 1.165) is 11.5 Å². The van der Waals surface area contributed by atoms with Crippen LogP contribution in [0.2, 0.25) is 0 Å². The van der Waals surface area contributed by atoms with Gasteiger partial charge in [-0.25, -0.2) is 0 Å². The van der Waals surface area contributed by atoms with Crippen molar-refractivity contribution in [1.29, 1.82) is 5.26 Å². The molecule has 2 N–H and O–H groups in total. The molecule has 0 aliphatic rings. The molecule has 0 radical (unpaired) electrons. The van der Waals surface area contributed by atoms with Crippen LogP contribution >= 0.6 is 11.3 Å². The van der Waals surface area contributed by atoms with Crippen LogP contribution in [0, 0.1) is 17.2 Å². The minimum absolute atomic E-state index is 0.445. The SMILES string of the molecule is COc1c(N(C)CC(C)C)sc(C#N)c1N. The smallest absolute Gasteiger partial charge is 0.177 e. The van der Waals surface area contributed by atoms with E-state index in [1.165, 1.54) is 11.3 Å². The molecule has 0 saturated heterocycles. The maximum absolute atomic E-state index is 8.92. The van der Waals surface area contributed by atoms with Gasteiger partial charge in [0.15, 0.2) is 5.75 Å². The van der Waals surface area contributed by atoms with Gasteiger partial charge in [0, 0.05) is 13.6 Å². The topological polar surface area (TPSA) is 62.3 Å². The van der Waals surface area contributed by atoms with Crippen molar-refractivity contribution in [3.8, 4) is 11.8 Å². The van der Waals surface area contributed by atoms with Gasteiger partial charge in [-0.05, 0) is 5.92 Å². The summed E-state index contributed by atoms with van der Waals surface area (Å²) in [5.41, 5.74) is 6.28. The first-order valence-corrected chi connectivity index (χ1v) is 5.90. The van der Waals surface area contributed by atoms with Crippen molar-refractivity contribution < 1.29 is 4.74 Å². The number of nitriles is 1. The van der Waals surface area contributed by atoms with Crippen LogP contribution in [0.25, 0.3) is 0 Å². The normalized spacial score (nSPS) is 10.2. The van der Waals surface area contributed by atoms with E-state index >= 15 is 0 Å². The number of thiophene rings is 1. The Labute approximate surface area is 100 Å². The number of ether oxygens (including phenoxy) is 1. The minimum atomic E-state index is 0.445. The summed E-state index contributed by atoms with van der Waals surface area (Å²) in [4.78, 5) is 2.59. The third-order valence-electron chi connectivity index (χ3n) is 2.17. The van der Waals surface area contributed by atoms with Crippen LogP contribution in [0.3, 0.4) is 0 Å². The molecule has 0 aromatic carbocycles. The molecule has 0 unspecified atom stereocenters. The average molecular weight is 239 g/mol. The lowest BCUT2D eigenvalue weighted by Gasteiger charge is -2.20. The van der Waals surface area contributed by atoms with E-state index in [1.54, 1.807) is 7.11 Å². The van der Waals surface area contributed by atoms with Crippen molar-refractivity contribution >= 4 is 22.0 Å². The standard InChI is InChI=1S/C11H17N3OS/c1-7(2)6-14(3)11-10(15-4)9(13)8(5-12)16-11/h7H,6,13H2,1-4H3. The monoisotopic (exact) mass is 239 g/mol. The Bertz CT molecular complexity index is 406. The molecule has 1 rings (SSSR count). The van der Waals surface area contributed by atoms with Gasteiger partial charge in [-0.15, -0.1) is 11.3 Å². The molecule has 0 fully saturated rings. The zero-order chi connectivity index (χ0) is 12.3. The van der Waals surface area contributed by atoms with E-state index < -0.39 is 0 Å². The molecule has 0 bridgehead atoms. The highest BCUT2D eigenvalue weighted by Gasteiger charge is 2.19. The van der Waals surface area contributed by atoms with Gasteiger partial charge in [0.1, 0.15) is 21.6 Å². The molecule has 16 heavy (non-hydrogen) atoms. The Kier molecular flexibility index (Phi) is 4.02. The molecule has 0 amide bonds. The summed E-state index contributed by atoms with van der Waals surface area (Å²) in [5.74, 6) is 1.16. The van der Waals surface area contributed by atoms with Gasteiger partial charge in [0.25, 0.3) is 0 Å². The van der Waals surface area contributed by atoms with E-state index in [9.17, 15) is 0 Å². The second-order valence-electron chi connectivity index (χ2n) is 4.07. The molecular formula is C11H17N3OS. The van der Waals surface area contributed by atoms with Gasteiger partial charge < -0.3 is 15.4 Å². The van der Waals surface area contributed by atoms with Crippen LogP contribution in [0.1, 0.15) is 18.7 Å². The fraction of sp³-hybridized carbons (Fsp3) is 0.545. The van der Waals surface area contributed by atoms with E-state index in [-0.39, 0.29) is 0 Å². The van der Waals surface area contributed by atoms with Crippen molar-refractivity contribution in [3.05, 3.63) is 4.88 Å². The number of nitrogen functional groups attached to an aromatic ring is 1. The van der Waals surface area contributed by atoms with Gasteiger partial charge >= 0.3 is 0 Å². The molecule has 0 aliphatic carbocycles. The van der Waals surface area contributed by atoms with Crippen molar-refractivity contribution in [2.75, 3.05) is 31.3 Å². The molecular weight excluding hydrogens is 222 g/mol. The molecule has 0 atom stereocenters. The van der Waals surface area contributed by atoms with Crippen LogP contribution in [0.5, 0.6) is 5.75 Å². The molecule has 0 aliphatic heterocycles. The van der Waals surface area contributed by atoms with Crippen molar-refractivity contribution in [2.24, 2.45) is 5.92 Å². The predicted octanol–water partition coefficient (Wildman–Crippen LogP) is 2.30. The van der Waals surface area contributed by atoms with Crippen molar-refractivity contribution in [1.82, 2.24) is 0 Å². The van der Waals surface area contributed by atoms with Gasteiger partial charge in [-0.3, -0.25) is 0 Å². The van der Waals surface area contributed by atoms with E-state index in [2.05, 4.69) is 24.8 Å². The van der Waals surface area contributed by atoms with Crippen LogP contribution < -0.4 is 15.4 Å². The van der Waals surface area contributed by atoms with Gasteiger partial charge in [-0.2, -0.15) is 5.26 Å². The third kappa shape index (κ3) is 2.39. The Balaban J connectivity index is 3.08. The summed E-state index contributed by atoms with van der Waals surface area (Å²) in [6.45, 7) is 5.19. The zero-order valence-corrected chi connectivity index (χ0v) is 10.9. The summed E-state index contributed by atoms with van der Waals surface area (Å²) in [6, 6.07) is 2.09. The highest BCUT2D eigenvalue weighted by atomic mass is 32.1. The lowest BCUT2D eigenvalue weighted by molar-refractivity contribution is 0.418. The van der Waals surface area contributed by atoms with Crippen molar-refractivity contribution in [2.45, 2.75) is 13.8 Å². The maximum atomic E-state index is 8.92. The molecule has 4 nitrogen and oxygen atoms in total. The van der Waals surface area contributed by atoms with Crippen LogP contribution in [-0.4, -0.2) is 20.7 Å². The number of hydrogen-bond acceptors (Lipinski definition) is 5. The van der Waals surface area contributed by atoms with Crippen LogP contribution in [-0.2, 0) is 0 Å². The zero-order valence-electron chi connectivity index (χ0n) is 10.1. The maximum Gasteiger partial charge on any atom is 0.177 e. The Morgan fingerprint density at radius 2 is 2.19 bits per heavy atom. The fourth-order valence-electron chi connectivity index (χ4n) is 1.58. The summed E-state index contributed by atoms with van der Waals surface area (Å²) in [6.07, 6.45) is 0. The molecule has 5 heteroatoms. The molecule has 88 valence electrons. The third-order valence-corrected chi connectivity index (χ3v) is 3.38. The largest absolute Gasteiger partial charge is 0.492 e. The van der Waals surface area contributed by atoms with E-state index in [1.807, 2.05) is 7.05 Å². The summed E-state index contributed by atoms with van der Waals surface area (Å²) in [5, 5.41) is 9.84. The molecule has 0 spiro atoms.